The molecule has 0 spiro atoms. The quantitative estimate of drug-likeness (QED) is 0.535. The van der Waals surface area contributed by atoms with Crippen molar-refractivity contribution in [1.82, 2.24) is 0 Å². The summed E-state index contributed by atoms with van der Waals surface area (Å²) in [6.07, 6.45) is 5.40. The number of hydrogen-bond donors (Lipinski definition) is 0. The van der Waals surface area contributed by atoms with Gasteiger partial charge in [0.15, 0.2) is 0 Å². The monoisotopic (exact) mass is 379 g/mol. The Labute approximate surface area is 155 Å². The van der Waals surface area contributed by atoms with E-state index in [1.54, 1.807) is 34.9 Å². The summed E-state index contributed by atoms with van der Waals surface area (Å²) in [6.45, 7) is 0. The van der Waals surface area contributed by atoms with Crippen LogP contribution in [0.3, 0.4) is 0 Å². The topological polar surface area (TPSA) is 23.8 Å². The van der Waals surface area contributed by atoms with Crippen molar-refractivity contribution in [3.05, 3.63) is 66.0 Å². The third kappa shape index (κ3) is 2.81. The predicted molar refractivity (Wildman–Crippen MR) is 109 cm³/mol. The smallest absolute Gasteiger partial charge is 0.109 e. The number of nitriles is 1. The predicted octanol–water partition coefficient (Wildman–Crippen LogP) is 4.57. The molecule has 0 bridgehead atoms. The molecule has 24 heavy (non-hydrogen) atoms. The van der Waals surface area contributed by atoms with E-state index in [1.165, 1.54) is 23.2 Å². The highest BCUT2D eigenvalue weighted by molar-refractivity contribution is 8.34. The van der Waals surface area contributed by atoms with Gasteiger partial charge in [0.2, 0.25) is 0 Å². The van der Waals surface area contributed by atoms with Gasteiger partial charge in [-0.05, 0) is 40.5 Å². The third-order valence-electron chi connectivity index (χ3n) is 3.52. The first-order valence-electron chi connectivity index (χ1n) is 7.02. The molecule has 4 rings (SSSR count). The highest BCUT2D eigenvalue weighted by Crippen LogP contribution is 2.38. The van der Waals surface area contributed by atoms with Crippen molar-refractivity contribution in [3.8, 4) is 18.4 Å². The summed E-state index contributed by atoms with van der Waals surface area (Å²) in [5.41, 5.74) is 0.379. The number of rotatable bonds is 0. The van der Waals surface area contributed by atoms with Gasteiger partial charge < -0.3 is 0 Å². The average molecular weight is 380 g/mol. The lowest BCUT2D eigenvalue weighted by molar-refractivity contribution is 1.53. The highest BCUT2D eigenvalue weighted by Gasteiger charge is 2.04. The van der Waals surface area contributed by atoms with Crippen LogP contribution in [0.25, 0.3) is 19.9 Å². The van der Waals surface area contributed by atoms with E-state index in [2.05, 4.69) is 41.0 Å². The van der Waals surface area contributed by atoms with Crippen LogP contribution in [0.4, 0.5) is 0 Å². The summed E-state index contributed by atoms with van der Waals surface area (Å²) in [7, 11) is 0. The van der Waals surface area contributed by atoms with E-state index in [0.717, 1.165) is 9.92 Å². The summed E-state index contributed by atoms with van der Waals surface area (Å²) in [4.78, 5) is 0. The molecular weight excluding hydrogens is 370 g/mol. The molecule has 0 aliphatic carbocycles. The molecule has 5 heteroatoms. The van der Waals surface area contributed by atoms with E-state index < -0.39 is 0 Å². The zero-order chi connectivity index (χ0) is 16.5. The standard InChI is InChI=1S/C19H9NS4/c1-2-12(11-20)13-3-4-14-10-18(24-17(14)9-13)15-5-6-16(23-15)19-21-7-8-22-19/h1,3-10H/b13-12-,18-15+. The van der Waals surface area contributed by atoms with Gasteiger partial charge in [-0.25, -0.2) is 0 Å². The van der Waals surface area contributed by atoms with Gasteiger partial charge in [0.05, 0.1) is 4.24 Å². The number of thiophene rings is 2. The Morgan fingerprint density at radius 1 is 0.917 bits per heavy atom. The average Bonchev–Trinajstić information content (AvgIpc) is 3.34. The van der Waals surface area contributed by atoms with Gasteiger partial charge in [-0.15, -0.1) is 29.1 Å². The first-order valence-corrected chi connectivity index (χ1v) is 10.4. The number of thioether (sulfide) groups is 2. The maximum Gasteiger partial charge on any atom is 0.109 e. The summed E-state index contributed by atoms with van der Waals surface area (Å²) in [6, 6.07) is 14.6. The van der Waals surface area contributed by atoms with Gasteiger partial charge in [0.1, 0.15) is 11.6 Å². The van der Waals surface area contributed by atoms with Gasteiger partial charge in [-0.1, -0.05) is 41.6 Å². The Kier molecular flexibility index (Phi) is 4.26. The lowest BCUT2D eigenvalue weighted by atomic mass is 10.1. The summed E-state index contributed by atoms with van der Waals surface area (Å²) in [5.74, 6) is 2.45. The van der Waals surface area contributed by atoms with E-state index in [1.807, 2.05) is 29.5 Å². The van der Waals surface area contributed by atoms with Crippen molar-refractivity contribution in [3.63, 3.8) is 0 Å². The molecule has 0 saturated heterocycles. The number of hydrogen-bond acceptors (Lipinski definition) is 5. The van der Waals surface area contributed by atoms with Gasteiger partial charge in [-0.3, -0.25) is 0 Å². The van der Waals surface area contributed by atoms with Crippen LogP contribution in [0, 0.1) is 32.7 Å². The molecule has 3 aromatic rings. The molecule has 3 heterocycles. The third-order valence-corrected chi connectivity index (χ3v) is 8.34. The zero-order valence-corrected chi connectivity index (χ0v) is 15.5. The minimum atomic E-state index is 0.379. The SMILES string of the molecule is C#C/C(C#N)=c1\ccc2c/c(=c3/ccc(=C4SC=CS4)s3)sc2c1. The van der Waals surface area contributed by atoms with E-state index in [4.69, 9.17) is 11.7 Å². The van der Waals surface area contributed by atoms with Crippen molar-refractivity contribution >= 4 is 66.1 Å². The fraction of sp³-hybridized carbons (Fsp3) is 0. The first-order chi connectivity index (χ1) is 11.8. The largest absolute Gasteiger partial charge is 0.192 e. The van der Waals surface area contributed by atoms with Crippen molar-refractivity contribution in [2.75, 3.05) is 0 Å². The Morgan fingerprint density at radius 3 is 2.46 bits per heavy atom. The first kappa shape index (κ1) is 15.6. The van der Waals surface area contributed by atoms with Crippen molar-refractivity contribution < 1.29 is 0 Å². The number of nitrogens with zero attached hydrogens (tertiary/aromatic N) is 1. The normalized spacial score (nSPS) is 16.2. The van der Waals surface area contributed by atoms with Gasteiger partial charge in [0.25, 0.3) is 0 Å². The summed E-state index contributed by atoms with van der Waals surface area (Å²) >= 11 is 7.12. The van der Waals surface area contributed by atoms with Gasteiger partial charge in [-0.2, -0.15) is 5.26 Å². The van der Waals surface area contributed by atoms with Crippen LogP contribution in [-0.4, -0.2) is 0 Å². The second-order valence-corrected chi connectivity index (χ2v) is 9.21. The summed E-state index contributed by atoms with van der Waals surface area (Å²) in [5, 5.41) is 15.3. The van der Waals surface area contributed by atoms with E-state index in [0.29, 0.717) is 5.57 Å². The lowest BCUT2D eigenvalue weighted by Gasteiger charge is -1.89. The van der Waals surface area contributed by atoms with Crippen LogP contribution in [0.15, 0.2) is 47.2 Å². The molecule has 0 fully saturated rings. The molecule has 1 aliphatic rings. The Hall–Kier alpha value is -1.89. The molecule has 1 nitrogen and oxygen atoms in total. The molecule has 0 radical (unpaired) electrons. The fourth-order valence-corrected chi connectivity index (χ4v) is 6.57. The molecule has 0 amide bonds. The molecule has 0 unspecified atom stereocenters. The number of fused-ring (bicyclic) bond motifs is 1. The molecule has 0 N–H and O–H groups in total. The Balaban J connectivity index is 1.97. The maximum atomic E-state index is 9.11. The van der Waals surface area contributed by atoms with Crippen LogP contribution in [0.2, 0.25) is 0 Å². The second-order valence-electron chi connectivity index (χ2n) is 4.95. The molecule has 1 aromatic carbocycles. The van der Waals surface area contributed by atoms with Crippen LogP contribution in [-0.2, 0) is 0 Å². The lowest BCUT2D eigenvalue weighted by Crippen LogP contribution is -2.01. The molecule has 1 aliphatic heterocycles. The zero-order valence-electron chi connectivity index (χ0n) is 12.3. The second kappa shape index (κ2) is 6.55. The number of terminal acetylenes is 1. The summed E-state index contributed by atoms with van der Waals surface area (Å²) < 4.78 is 6.33. The molecule has 0 saturated carbocycles. The van der Waals surface area contributed by atoms with E-state index in [-0.39, 0.29) is 0 Å². The Morgan fingerprint density at radius 2 is 1.71 bits per heavy atom. The minimum absolute atomic E-state index is 0.379. The van der Waals surface area contributed by atoms with Crippen LogP contribution in [0.5, 0.6) is 0 Å². The minimum Gasteiger partial charge on any atom is -0.192 e. The van der Waals surface area contributed by atoms with Crippen LogP contribution in [0.1, 0.15) is 0 Å². The van der Waals surface area contributed by atoms with Gasteiger partial charge >= 0.3 is 0 Å². The van der Waals surface area contributed by atoms with Crippen LogP contribution < -0.4 is 9.75 Å². The van der Waals surface area contributed by atoms with Crippen molar-refractivity contribution in [2.45, 2.75) is 0 Å². The van der Waals surface area contributed by atoms with E-state index >= 15 is 0 Å². The van der Waals surface area contributed by atoms with Gasteiger partial charge in [0, 0.05) is 23.5 Å². The number of benzene rings is 1. The Bertz CT molecular complexity index is 1250. The van der Waals surface area contributed by atoms with Crippen LogP contribution >= 0.6 is 46.2 Å². The highest BCUT2D eigenvalue weighted by atomic mass is 32.2. The molecular formula is C19H9NS4. The van der Waals surface area contributed by atoms with Crippen molar-refractivity contribution in [2.24, 2.45) is 0 Å². The maximum absolute atomic E-state index is 9.11. The van der Waals surface area contributed by atoms with Crippen molar-refractivity contribution in [1.29, 1.82) is 5.26 Å². The molecule has 0 atom stereocenters. The van der Waals surface area contributed by atoms with E-state index in [9.17, 15) is 0 Å². The molecule has 114 valence electrons. The fourth-order valence-electron chi connectivity index (χ4n) is 2.39. The molecule has 2 aromatic heterocycles.